The highest BCUT2D eigenvalue weighted by molar-refractivity contribution is 6.30. The number of aryl methyl sites for hydroxylation is 1. The molecule has 2 amide bonds. The van der Waals surface area contributed by atoms with Crippen LogP contribution in [0.4, 0.5) is 0 Å². The highest BCUT2D eigenvalue weighted by atomic mass is 35.5. The van der Waals surface area contributed by atoms with Crippen molar-refractivity contribution in [3.8, 4) is 0 Å². The Kier molecular flexibility index (Phi) is 9.15. The first-order valence-corrected chi connectivity index (χ1v) is 13.0. The second-order valence-electron chi connectivity index (χ2n) is 9.41. The van der Waals surface area contributed by atoms with Crippen LogP contribution >= 0.6 is 11.6 Å². The van der Waals surface area contributed by atoms with Crippen molar-refractivity contribution in [2.45, 2.75) is 44.7 Å². The lowest BCUT2D eigenvalue weighted by Gasteiger charge is -2.36. The summed E-state index contributed by atoms with van der Waals surface area (Å²) in [5.74, 6) is -0.0943. The smallest absolute Gasteiger partial charge is 0.223 e. The standard InChI is InChI=1S/C30H34ClN3O2/c1-22-8-10-23(11-9-22)20-33-28(35)16-17-29(36)34-19-5-18-32-21-27(34)30(24-6-3-2-4-7-24)25-12-14-26(31)15-13-25/h2-4,6-15,27,30,32H,5,16-21H2,1H3,(H,33,35). The Morgan fingerprint density at radius 2 is 1.67 bits per heavy atom. The molecule has 6 heteroatoms. The fourth-order valence-electron chi connectivity index (χ4n) is 4.83. The molecule has 0 spiro atoms. The first kappa shape index (κ1) is 25.9. The van der Waals surface area contributed by atoms with E-state index in [4.69, 9.17) is 11.6 Å². The average Bonchev–Trinajstić information content (AvgIpc) is 3.15. The Morgan fingerprint density at radius 3 is 2.39 bits per heavy atom. The molecule has 1 aliphatic heterocycles. The van der Waals surface area contributed by atoms with Crippen LogP contribution in [-0.2, 0) is 16.1 Å². The minimum Gasteiger partial charge on any atom is -0.352 e. The summed E-state index contributed by atoms with van der Waals surface area (Å²) in [7, 11) is 0. The summed E-state index contributed by atoms with van der Waals surface area (Å²) in [5, 5.41) is 7.16. The number of rotatable bonds is 8. The molecule has 0 saturated carbocycles. The molecular weight excluding hydrogens is 470 g/mol. The quantitative estimate of drug-likeness (QED) is 0.451. The van der Waals surface area contributed by atoms with Gasteiger partial charge in [0.1, 0.15) is 0 Å². The van der Waals surface area contributed by atoms with Crippen LogP contribution in [0.15, 0.2) is 78.9 Å². The van der Waals surface area contributed by atoms with Crippen molar-refractivity contribution in [1.82, 2.24) is 15.5 Å². The Hall–Kier alpha value is -3.15. The first-order valence-electron chi connectivity index (χ1n) is 12.6. The number of halogens is 1. The van der Waals surface area contributed by atoms with Crippen molar-refractivity contribution in [2.75, 3.05) is 19.6 Å². The van der Waals surface area contributed by atoms with Crippen molar-refractivity contribution >= 4 is 23.4 Å². The van der Waals surface area contributed by atoms with Gasteiger partial charge in [-0.15, -0.1) is 0 Å². The number of hydrogen-bond acceptors (Lipinski definition) is 3. The van der Waals surface area contributed by atoms with Crippen LogP contribution in [0.2, 0.25) is 5.02 Å². The van der Waals surface area contributed by atoms with Crippen LogP contribution in [0.3, 0.4) is 0 Å². The molecular formula is C30H34ClN3O2. The highest BCUT2D eigenvalue weighted by Gasteiger charge is 2.33. The van der Waals surface area contributed by atoms with Gasteiger partial charge in [0.25, 0.3) is 0 Å². The Balaban J connectivity index is 1.47. The minimum atomic E-state index is -0.106. The molecule has 3 aromatic carbocycles. The lowest BCUT2D eigenvalue weighted by atomic mass is 9.84. The van der Waals surface area contributed by atoms with Gasteiger partial charge in [0, 0.05) is 43.4 Å². The summed E-state index contributed by atoms with van der Waals surface area (Å²) in [5.41, 5.74) is 4.51. The van der Waals surface area contributed by atoms with Crippen molar-refractivity contribution in [3.05, 3.63) is 106 Å². The zero-order valence-corrected chi connectivity index (χ0v) is 21.5. The summed E-state index contributed by atoms with van der Waals surface area (Å²) >= 11 is 6.18. The zero-order chi connectivity index (χ0) is 25.3. The molecule has 36 heavy (non-hydrogen) atoms. The summed E-state index contributed by atoms with van der Waals surface area (Å²) in [4.78, 5) is 28.0. The lowest BCUT2D eigenvalue weighted by molar-refractivity contribution is -0.135. The van der Waals surface area contributed by atoms with E-state index in [2.05, 4.69) is 22.8 Å². The highest BCUT2D eigenvalue weighted by Crippen LogP contribution is 2.33. The van der Waals surface area contributed by atoms with E-state index in [-0.39, 0.29) is 36.6 Å². The van der Waals surface area contributed by atoms with Crippen molar-refractivity contribution < 1.29 is 9.59 Å². The first-order chi connectivity index (χ1) is 17.5. The largest absolute Gasteiger partial charge is 0.352 e. The van der Waals surface area contributed by atoms with Gasteiger partial charge in [-0.2, -0.15) is 0 Å². The molecule has 1 saturated heterocycles. The Morgan fingerprint density at radius 1 is 0.972 bits per heavy atom. The van der Waals surface area contributed by atoms with Crippen LogP contribution in [0.25, 0.3) is 0 Å². The van der Waals surface area contributed by atoms with E-state index in [1.54, 1.807) is 0 Å². The van der Waals surface area contributed by atoms with Crippen molar-refractivity contribution in [2.24, 2.45) is 0 Å². The molecule has 2 N–H and O–H groups in total. The van der Waals surface area contributed by atoms with Crippen LogP contribution in [0, 0.1) is 6.92 Å². The van der Waals surface area contributed by atoms with E-state index in [0.717, 1.165) is 29.7 Å². The maximum absolute atomic E-state index is 13.5. The predicted molar refractivity (Wildman–Crippen MR) is 145 cm³/mol. The number of carbonyl (C=O) groups is 2. The second kappa shape index (κ2) is 12.7. The molecule has 1 aliphatic rings. The monoisotopic (exact) mass is 503 g/mol. The van der Waals surface area contributed by atoms with Crippen LogP contribution in [-0.4, -0.2) is 42.4 Å². The Labute approximate surface area is 218 Å². The third kappa shape index (κ3) is 6.96. The molecule has 4 rings (SSSR count). The molecule has 188 valence electrons. The van der Waals surface area contributed by atoms with E-state index in [0.29, 0.717) is 24.7 Å². The molecule has 0 radical (unpaired) electrons. The fraction of sp³-hybridized carbons (Fsp3) is 0.333. The normalized spacial score (nSPS) is 16.7. The van der Waals surface area contributed by atoms with Crippen LogP contribution in [0.1, 0.15) is 47.4 Å². The van der Waals surface area contributed by atoms with Gasteiger partial charge in [-0.1, -0.05) is 83.9 Å². The molecule has 0 bridgehead atoms. The number of hydrogen-bond donors (Lipinski definition) is 2. The van der Waals surface area contributed by atoms with Gasteiger partial charge >= 0.3 is 0 Å². The van der Waals surface area contributed by atoms with Crippen molar-refractivity contribution in [1.29, 1.82) is 0 Å². The molecule has 1 fully saturated rings. The maximum atomic E-state index is 13.5. The molecule has 5 nitrogen and oxygen atoms in total. The molecule has 0 aliphatic carbocycles. The fourth-order valence-corrected chi connectivity index (χ4v) is 4.96. The summed E-state index contributed by atoms with van der Waals surface area (Å²) in [6.45, 7) is 4.72. The predicted octanol–water partition coefficient (Wildman–Crippen LogP) is 5.07. The maximum Gasteiger partial charge on any atom is 0.223 e. The van der Waals surface area contributed by atoms with Crippen LogP contribution < -0.4 is 10.6 Å². The van der Waals surface area contributed by atoms with E-state index in [1.165, 1.54) is 5.56 Å². The third-order valence-electron chi connectivity index (χ3n) is 6.78. The number of carbonyl (C=O) groups excluding carboxylic acids is 2. The molecule has 2 unspecified atom stereocenters. The zero-order valence-electron chi connectivity index (χ0n) is 20.8. The summed E-state index contributed by atoms with van der Waals surface area (Å²) in [6.07, 6.45) is 1.25. The van der Waals surface area contributed by atoms with E-state index >= 15 is 0 Å². The molecule has 2 atom stereocenters. The van der Waals surface area contributed by atoms with Gasteiger partial charge in [0.05, 0.1) is 6.04 Å². The van der Waals surface area contributed by atoms with Gasteiger partial charge < -0.3 is 15.5 Å². The number of nitrogens with one attached hydrogen (secondary N) is 2. The minimum absolute atomic E-state index is 0.00613. The summed E-state index contributed by atoms with van der Waals surface area (Å²) < 4.78 is 0. The average molecular weight is 504 g/mol. The third-order valence-corrected chi connectivity index (χ3v) is 7.03. The molecule has 0 aromatic heterocycles. The SMILES string of the molecule is Cc1ccc(CNC(=O)CCC(=O)N2CCCNCC2C(c2ccccc2)c2ccc(Cl)cc2)cc1. The van der Waals surface area contributed by atoms with Gasteiger partial charge in [-0.05, 0) is 48.7 Å². The van der Waals surface area contributed by atoms with Gasteiger partial charge in [-0.25, -0.2) is 0 Å². The molecule has 3 aromatic rings. The topological polar surface area (TPSA) is 61.4 Å². The van der Waals surface area contributed by atoms with E-state index in [1.807, 2.05) is 78.6 Å². The van der Waals surface area contributed by atoms with Gasteiger partial charge in [-0.3, -0.25) is 9.59 Å². The number of benzene rings is 3. The Bertz CT molecular complexity index is 1130. The number of amides is 2. The van der Waals surface area contributed by atoms with E-state index < -0.39 is 0 Å². The lowest BCUT2D eigenvalue weighted by Crippen LogP contribution is -2.47. The van der Waals surface area contributed by atoms with Crippen LogP contribution in [0.5, 0.6) is 0 Å². The summed E-state index contributed by atoms with van der Waals surface area (Å²) in [6, 6.07) is 26.2. The van der Waals surface area contributed by atoms with Gasteiger partial charge in [0.2, 0.25) is 11.8 Å². The number of nitrogens with zero attached hydrogens (tertiary/aromatic N) is 1. The second-order valence-corrected chi connectivity index (χ2v) is 9.85. The van der Waals surface area contributed by atoms with Crippen molar-refractivity contribution in [3.63, 3.8) is 0 Å². The molecule has 1 heterocycles. The van der Waals surface area contributed by atoms with Gasteiger partial charge in [0.15, 0.2) is 0 Å². The van der Waals surface area contributed by atoms with E-state index in [9.17, 15) is 9.59 Å².